The highest BCUT2D eigenvalue weighted by atomic mass is 35.5. The molecular formula is C17H21Cl2N3O2S. The summed E-state index contributed by atoms with van der Waals surface area (Å²) < 4.78 is 5.43. The van der Waals surface area contributed by atoms with Crippen LogP contribution in [0.25, 0.3) is 0 Å². The Morgan fingerprint density at radius 2 is 2.04 bits per heavy atom. The summed E-state index contributed by atoms with van der Waals surface area (Å²) in [7, 11) is 0. The van der Waals surface area contributed by atoms with Crippen molar-refractivity contribution in [2.24, 2.45) is 5.73 Å². The molecule has 25 heavy (non-hydrogen) atoms. The third-order valence-electron chi connectivity index (χ3n) is 3.96. The van der Waals surface area contributed by atoms with Gasteiger partial charge < -0.3 is 20.5 Å². The van der Waals surface area contributed by atoms with E-state index < -0.39 is 0 Å². The van der Waals surface area contributed by atoms with E-state index in [0.29, 0.717) is 24.8 Å². The first kappa shape index (κ1) is 20.3. The van der Waals surface area contributed by atoms with Gasteiger partial charge in [0, 0.05) is 47.5 Å². The van der Waals surface area contributed by atoms with E-state index in [1.807, 2.05) is 24.3 Å². The fourth-order valence-corrected chi connectivity index (χ4v) is 4.07. The smallest absolute Gasteiger partial charge is 0.106 e. The minimum Gasteiger partial charge on any atom is -0.392 e. The van der Waals surface area contributed by atoms with E-state index >= 15 is 0 Å². The fraction of sp³-hybridized carbons (Fsp3) is 0.353. The normalized spacial score (nSPS) is 14.3. The molecule has 1 aliphatic rings. The summed E-state index contributed by atoms with van der Waals surface area (Å²) in [5.74, 6) is 0. The molecule has 0 radical (unpaired) electrons. The van der Waals surface area contributed by atoms with Gasteiger partial charge in [0.1, 0.15) is 5.03 Å². The molecule has 1 aromatic carbocycles. The number of aliphatic hydroxyl groups is 1. The molecule has 0 aliphatic carbocycles. The molecular weight excluding hydrogens is 381 g/mol. The Hall–Kier alpha value is -1.02. The standard InChI is InChI=1S/C17H20ClN3O2S.ClH/c18-14-3-4-15(21-6-8-23-9-7-21)13(10-19)16(14)24-17-12(11-22)2-1-5-20-17;/h1-5,22H,6-11,19H2;1H. The molecule has 136 valence electrons. The molecule has 1 fully saturated rings. The number of nitrogens with two attached hydrogens (primary N) is 1. The van der Waals surface area contributed by atoms with Gasteiger partial charge in [-0.2, -0.15) is 0 Å². The molecule has 2 aromatic rings. The molecule has 3 N–H and O–H groups in total. The molecule has 5 nitrogen and oxygen atoms in total. The molecule has 0 saturated carbocycles. The van der Waals surface area contributed by atoms with E-state index in [1.54, 1.807) is 6.20 Å². The number of anilines is 1. The van der Waals surface area contributed by atoms with Gasteiger partial charge >= 0.3 is 0 Å². The van der Waals surface area contributed by atoms with Crippen LogP contribution in [0, 0.1) is 0 Å². The van der Waals surface area contributed by atoms with Gasteiger partial charge in [-0.05, 0) is 18.2 Å². The highest BCUT2D eigenvalue weighted by Crippen LogP contribution is 2.40. The van der Waals surface area contributed by atoms with Crippen LogP contribution in [-0.4, -0.2) is 36.4 Å². The minimum atomic E-state index is -0.0606. The second-order valence-corrected chi connectivity index (χ2v) is 6.81. The third kappa shape index (κ3) is 4.58. The van der Waals surface area contributed by atoms with Crippen LogP contribution in [0.1, 0.15) is 11.1 Å². The van der Waals surface area contributed by atoms with Crippen LogP contribution in [-0.2, 0) is 17.9 Å². The van der Waals surface area contributed by atoms with Gasteiger partial charge in [0.25, 0.3) is 0 Å². The Bertz CT molecular complexity index is 712. The van der Waals surface area contributed by atoms with Crippen molar-refractivity contribution in [3.8, 4) is 0 Å². The Labute approximate surface area is 162 Å². The third-order valence-corrected chi connectivity index (χ3v) is 5.62. The maximum Gasteiger partial charge on any atom is 0.106 e. The molecule has 1 saturated heterocycles. The van der Waals surface area contributed by atoms with E-state index in [9.17, 15) is 5.11 Å². The predicted molar refractivity (Wildman–Crippen MR) is 104 cm³/mol. The summed E-state index contributed by atoms with van der Waals surface area (Å²) in [5.41, 5.74) is 8.92. The van der Waals surface area contributed by atoms with Crippen LogP contribution in [0.5, 0.6) is 0 Å². The fourth-order valence-electron chi connectivity index (χ4n) is 2.73. The number of rotatable bonds is 5. The Morgan fingerprint density at radius 1 is 1.28 bits per heavy atom. The molecule has 2 heterocycles. The Kier molecular flexibility index (Phi) is 7.81. The zero-order valence-corrected chi connectivity index (χ0v) is 16.0. The zero-order valence-electron chi connectivity index (χ0n) is 13.7. The lowest BCUT2D eigenvalue weighted by Gasteiger charge is -2.31. The molecule has 8 heteroatoms. The number of morpholine rings is 1. The average Bonchev–Trinajstić information content (AvgIpc) is 2.64. The van der Waals surface area contributed by atoms with Gasteiger partial charge in [0.05, 0.1) is 24.8 Å². The van der Waals surface area contributed by atoms with Crippen molar-refractivity contribution in [3.05, 3.63) is 46.6 Å². The van der Waals surface area contributed by atoms with E-state index in [0.717, 1.165) is 39.8 Å². The number of benzene rings is 1. The first-order valence-electron chi connectivity index (χ1n) is 7.81. The van der Waals surface area contributed by atoms with Crippen molar-refractivity contribution in [1.82, 2.24) is 4.98 Å². The van der Waals surface area contributed by atoms with Crippen molar-refractivity contribution >= 4 is 41.5 Å². The first-order valence-corrected chi connectivity index (χ1v) is 9.00. The number of hydrogen-bond donors (Lipinski definition) is 2. The number of ether oxygens (including phenoxy) is 1. The summed E-state index contributed by atoms with van der Waals surface area (Å²) in [6, 6.07) is 7.59. The maximum atomic E-state index is 9.52. The number of halogens is 2. The maximum absolute atomic E-state index is 9.52. The van der Waals surface area contributed by atoms with Crippen LogP contribution in [0.3, 0.4) is 0 Å². The largest absolute Gasteiger partial charge is 0.392 e. The van der Waals surface area contributed by atoms with E-state index in [-0.39, 0.29) is 19.0 Å². The van der Waals surface area contributed by atoms with Gasteiger partial charge in [0.2, 0.25) is 0 Å². The molecule has 0 atom stereocenters. The van der Waals surface area contributed by atoms with Crippen LogP contribution in [0.2, 0.25) is 5.02 Å². The number of nitrogens with zero attached hydrogens (tertiary/aromatic N) is 2. The van der Waals surface area contributed by atoms with Gasteiger partial charge in [-0.15, -0.1) is 12.4 Å². The molecule has 0 unspecified atom stereocenters. The minimum absolute atomic E-state index is 0. The molecule has 0 bridgehead atoms. The van der Waals surface area contributed by atoms with Gasteiger partial charge in [-0.3, -0.25) is 0 Å². The number of aromatic nitrogens is 1. The second-order valence-electron chi connectivity index (χ2n) is 5.41. The van der Waals surface area contributed by atoms with Crippen molar-refractivity contribution < 1.29 is 9.84 Å². The molecule has 1 aromatic heterocycles. The Morgan fingerprint density at radius 3 is 2.72 bits per heavy atom. The zero-order chi connectivity index (χ0) is 16.9. The highest BCUT2D eigenvalue weighted by molar-refractivity contribution is 7.99. The molecule has 3 rings (SSSR count). The summed E-state index contributed by atoms with van der Waals surface area (Å²) >= 11 is 7.91. The summed E-state index contributed by atoms with van der Waals surface area (Å²) in [4.78, 5) is 7.55. The van der Waals surface area contributed by atoms with E-state index in [2.05, 4.69) is 9.88 Å². The van der Waals surface area contributed by atoms with Gasteiger partial charge in [0.15, 0.2) is 0 Å². The lowest BCUT2D eigenvalue weighted by molar-refractivity contribution is 0.122. The molecule has 1 aliphatic heterocycles. The highest BCUT2D eigenvalue weighted by Gasteiger charge is 2.20. The predicted octanol–water partition coefficient (Wildman–Crippen LogP) is 3.10. The summed E-state index contributed by atoms with van der Waals surface area (Å²) in [5, 5.41) is 10.9. The van der Waals surface area contributed by atoms with Crippen LogP contribution in [0.4, 0.5) is 5.69 Å². The van der Waals surface area contributed by atoms with Crippen LogP contribution in [0.15, 0.2) is 40.4 Å². The first-order chi connectivity index (χ1) is 11.7. The average molecular weight is 402 g/mol. The van der Waals surface area contributed by atoms with E-state index in [4.69, 9.17) is 22.1 Å². The van der Waals surface area contributed by atoms with Crippen molar-refractivity contribution in [1.29, 1.82) is 0 Å². The van der Waals surface area contributed by atoms with Gasteiger partial charge in [-0.25, -0.2) is 4.98 Å². The monoisotopic (exact) mass is 401 g/mol. The van der Waals surface area contributed by atoms with Crippen LogP contribution < -0.4 is 10.6 Å². The lowest BCUT2D eigenvalue weighted by atomic mass is 10.1. The summed E-state index contributed by atoms with van der Waals surface area (Å²) in [6.07, 6.45) is 1.71. The SMILES string of the molecule is Cl.NCc1c(N2CCOCC2)ccc(Cl)c1Sc1ncccc1CO. The topological polar surface area (TPSA) is 71.6 Å². The Balaban J connectivity index is 0.00000225. The van der Waals surface area contributed by atoms with Crippen LogP contribution >= 0.6 is 35.8 Å². The van der Waals surface area contributed by atoms with Crippen molar-refractivity contribution in [3.63, 3.8) is 0 Å². The summed E-state index contributed by atoms with van der Waals surface area (Å²) in [6.45, 7) is 3.42. The quantitative estimate of drug-likeness (QED) is 0.801. The molecule has 0 spiro atoms. The number of aliphatic hydroxyl groups excluding tert-OH is 1. The molecule has 0 amide bonds. The van der Waals surface area contributed by atoms with Gasteiger partial charge in [-0.1, -0.05) is 29.4 Å². The number of hydrogen-bond acceptors (Lipinski definition) is 6. The number of pyridine rings is 1. The second kappa shape index (κ2) is 9.62. The van der Waals surface area contributed by atoms with Crippen molar-refractivity contribution in [2.45, 2.75) is 23.1 Å². The van der Waals surface area contributed by atoms with Crippen molar-refractivity contribution in [2.75, 3.05) is 31.2 Å². The van der Waals surface area contributed by atoms with E-state index in [1.165, 1.54) is 11.8 Å². The lowest BCUT2D eigenvalue weighted by Crippen LogP contribution is -2.37.